The summed E-state index contributed by atoms with van der Waals surface area (Å²) < 4.78 is 5.26. The van der Waals surface area contributed by atoms with Crippen LogP contribution in [0, 0.1) is 11.3 Å². The molecular weight excluding hydrogens is 206 g/mol. The molecule has 1 N–H and O–H groups in total. The van der Waals surface area contributed by atoms with Gasteiger partial charge in [-0.05, 0) is 6.07 Å². The molecule has 1 aliphatic rings. The second-order valence-corrected chi connectivity index (χ2v) is 3.58. The molecule has 2 rings (SSSR count). The molecule has 1 aromatic heterocycles. The van der Waals surface area contributed by atoms with Gasteiger partial charge in [0.05, 0.1) is 25.8 Å². The van der Waals surface area contributed by atoms with Crippen LogP contribution in [0.4, 0.5) is 5.82 Å². The fourth-order valence-electron chi connectivity index (χ4n) is 1.76. The highest BCUT2D eigenvalue weighted by molar-refractivity contribution is 5.47. The van der Waals surface area contributed by atoms with Gasteiger partial charge in [0.2, 0.25) is 0 Å². The molecule has 1 aromatic rings. The van der Waals surface area contributed by atoms with Gasteiger partial charge in [-0.25, -0.2) is 4.98 Å². The van der Waals surface area contributed by atoms with E-state index in [9.17, 15) is 5.11 Å². The second kappa shape index (κ2) is 4.92. The topological polar surface area (TPSA) is 69.4 Å². The number of aromatic nitrogens is 1. The minimum absolute atomic E-state index is 0.0439. The van der Waals surface area contributed by atoms with Crippen molar-refractivity contribution in [3.05, 3.63) is 23.9 Å². The van der Waals surface area contributed by atoms with E-state index >= 15 is 0 Å². The second-order valence-electron chi connectivity index (χ2n) is 3.58. The number of ether oxygens (including phenoxy) is 1. The highest BCUT2D eigenvalue weighted by Gasteiger charge is 2.22. The third-order valence-electron chi connectivity index (χ3n) is 2.55. The zero-order valence-electron chi connectivity index (χ0n) is 8.83. The number of aliphatic hydroxyl groups is 1. The summed E-state index contributed by atoms with van der Waals surface area (Å²) in [5.74, 6) is 0.744. The SMILES string of the molecule is N#CC1CN(c2ncccc2CO)CCO1. The highest BCUT2D eigenvalue weighted by atomic mass is 16.5. The van der Waals surface area contributed by atoms with Crippen LogP contribution in [0.25, 0.3) is 0 Å². The molecule has 0 amide bonds. The first-order valence-corrected chi connectivity index (χ1v) is 5.16. The molecule has 2 heterocycles. The molecule has 0 saturated carbocycles. The first-order chi connectivity index (χ1) is 7.85. The molecule has 1 aliphatic heterocycles. The predicted octanol–water partition coefficient (Wildman–Crippen LogP) is 0.303. The van der Waals surface area contributed by atoms with Crippen molar-refractivity contribution in [1.29, 1.82) is 5.26 Å². The van der Waals surface area contributed by atoms with Crippen LogP contribution in [0.1, 0.15) is 5.56 Å². The predicted molar refractivity (Wildman–Crippen MR) is 57.7 cm³/mol. The smallest absolute Gasteiger partial charge is 0.161 e. The number of aliphatic hydroxyl groups excluding tert-OH is 1. The Hall–Kier alpha value is -1.64. The Bertz CT molecular complexity index is 402. The van der Waals surface area contributed by atoms with E-state index in [4.69, 9.17) is 10.00 Å². The lowest BCUT2D eigenvalue weighted by molar-refractivity contribution is 0.0759. The quantitative estimate of drug-likeness (QED) is 0.774. The van der Waals surface area contributed by atoms with E-state index in [0.29, 0.717) is 19.7 Å². The lowest BCUT2D eigenvalue weighted by atomic mass is 10.2. The Kier molecular flexibility index (Phi) is 3.34. The number of hydrogen-bond donors (Lipinski definition) is 1. The maximum atomic E-state index is 9.21. The Morgan fingerprint density at radius 1 is 1.69 bits per heavy atom. The third kappa shape index (κ3) is 2.13. The number of nitrogens with zero attached hydrogens (tertiary/aromatic N) is 3. The van der Waals surface area contributed by atoms with Gasteiger partial charge in [-0.15, -0.1) is 0 Å². The van der Waals surface area contributed by atoms with Gasteiger partial charge in [-0.3, -0.25) is 0 Å². The van der Waals surface area contributed by atoms with E-state index in [1.807, 2.05) is 11.0 Å². The van der Waals surface area contributed by atoms with E-state index < -0.39 is 6.10 Å². The maximum absolute atomic E-state index is 9.21. The van der Waals surface area contributed by atoms with E-state index in [0.717, 1.165) is 11.4 Å². The van der Waals surface area contributed by atoms with Crippen molar-refractivity contribution in [1.82, 2.24) is 4.98 Å². The molecule has 1 unspecified atom stereocenters. The van der Waals surface area contributed by atoms with Gasteiger partial charge in [0.15, 0.2) is 6.10 Å². The molecule has 5 nitrogen and oxygen atoms in total. The molecule has 0 aliphatic carbocycles. The third-order valence-corrected chi connectivity index (χ3v) is 2.55. The summed E-state index contributed by atoms with van der Waals surface area (Å²) in [5, 5.41) is 18.0. The van der Waals surface area contributed by atoms with Crippen molar-refractivity contribution in [3.8, 4) is 6.07 Å². The number of rotatable bonds is 2. The number of pyridine rings is 1. The van der Waals surface area contributed by atoms with Crippen LogP contribution < -0.4 is 4.90 Å². The summed E-state index contributed by atoms with van der Waals surface area (Å²) in [6, 6.07) is 5.71. The monoisotopic (exact) mass is 219 g/mol. The van der Waals surface area contributed by atoms with Gasteiger partial charge >= 0.3 is 0 Å². The molecule has 1 saturated heterocycles. The molecule has 0 spiro atoms. The van der Waals surface area contributed by atoms with Crippen molar-refractivity contribution in [2.24, 2.45) is 0 Å². The number of anilines is 1. The summed E-state index contributed by atoms with van der Waals surface area (Å²) in [6.07, 6.45) is 1.27. The van der Waals surface area contributed by atoms with Crippen LogP contribution in [-0.4, -0.2) is 35.9 Å². The average molecular weight is 219 g/mol. The van der Waals surface area contributed by atoms with Crippen molar-refractivity contribution < 1.29 is 9.84 Å². The summed E-state index contributed by atoms with van der Waals surface area (Å²) in [6.45, 7) is 1.67. The minimum atomic E-state index is -0.415. The Balaban J connectivity index is 2.20. The normalized spacial score (nSPS) is 20.5. The standard InChI is InChI=1S/C11H13N3O2/c12-6-10-7-14(4-5-16-10)11-9(8-15)2-1-3-13-11/h1-3,10,15H,4-5,7-8H2. The van der Waals surface area contributed by atoms with Crippen LogP contribution in [0.2, 0.25) is 0 Å². The molecule has 1 atom stereocenters. The van der Waals surface area contributed by atoms with Crippen molar-refractivity contribution in [2.75, 3.05) is 24.6 Å². The zero-order chi connectivity index (χ0) is 11.4. The highest BCUT2D eigenvalue weighted by Crippen LogP contribution is 2.19. The zero-order valence-corrected chi connectivity index (χ0v) is 8.83. The lowest BCUT2D eigenvalue weighted by Crippen LogP contribution is -2.42. The summed E-state index contributed by atoms with van der Waals surface area (Å²) in [4.78, 5) is 6.22. The first kappa shape index (κ1) is 10.9. The van der Waals surface area contributed by atoms with Crippen LogP contribution in [0.5, 0.6) is 0 Å². The molecular formula is C11H13N3O2. The van der Waals surface area contributed by atoms with Gasteiger partial charge in [-0.1, -0.05) is 6.07 Å². The molecule has 16 heavy (non-hydrogen) atoms. The minimum Gasteiger partial charge on any atom is -0.392 e. The van der Waals surface area contributed by atoms with Gasteiger partial charge < -0.3 is 14.7 Å². The first-order valence-electron chi connectivity index (χ1n) is 5.16. The van der Waals surface area contributed by atoms with E-state index in [2.05, 4.69) is 11.1 Å². The summed E-state index contributed by atoms with van der Waals surface area (Å²) >= 11 is 0. The Labute approximate surface area is 93.9 Å². The maximum Gasteiger partial charge on any atom is 0.161 e. The molecule has 5 heteroatoms. The summed E-state index contributed by atoms with van der Waals surface area (Å²) in [7, 11) is 0. The Morgan fingerprint density at radius 3 is 3.31 bits per heavy atom. The van der Waals surface area contributed by atoms with Crippen LogP contribution in [0.15, 0.2) is 18.3 Å². The lowest BCUT2D eigenvalue weighted by Gasteiger charge is -2.31. The largest absolute Gasteiger partial charge is 0.392 e. The van der Waals surface area contributed by atoms with Crippen LogP contribution in [0.3, 0.4) is 0 Å². The van der Waals surface area contributed by atoms with Gasteiger partial charge in [0.25, 0.3) is 0 Å². The Morgan fingerprint density at radius 2 is 2.56 bits per heavy atom. The van der Waals surface area contributed by atoms with Gasteiger partial charge in [0.1, 0.15) is 5.82 Å². The van der Waals surface area contributed by atoms with Gasteiger partial charge in [-0.2, -0.15) is 5.26 Å². The number of nitriles is 1. The van der Waals surface area contributed by atoms with E-state index in [1.165, 1.54) is 0 Å². The average Bonchev–Trinajstić information content (AvgIpc) is 2.38. The van der Waals surface area contributed by atoms with Crippen molar-refractivity contribution in [3.63, 3.8) is 0 Å². The van der Waals surface area contributed by atoms with Crippen molar-refractivity contribution >= 4 is 5.82 Å². The molecule has 0 radical (unpaired) electrons. The van der Waals surface area contributed by atoms with E-state index in [1.54, 1.807) is 12.3 Å². The molecule has 0 bridgehead atoms. The fourth-order valence-corrected chi connectivity index (χ4v) is 1.76. The van der Waals surface area contributed by atoms with Crippen LogP contribution >= 0.6 is 0 Å². The number of hydrogen-bond acceptors (Lipinski definition) is 5. The van der Waals surface area contributed by atoms with Crippen molar-refractivity contribution in [2.45, 2.75) is 12.7 Å². The number of morpholine rings is 1. The summed E-state index contributed by atoms with van der Waals surface area (Å²) in [5.41, 5.74) is 0.779. The molecule has 84 valence electrons. The van der Waals surface area contributed by atoms with Crippen LogP contribution in [-0.2, 0) is 11.3 Å². The fraction of sp³-hybridized carbons (Fsp3) is 0.455. The van der Waals surface area contributed by atoms with Gasteiger partial charge in [0, 0.05) is 18.3 Å². The molecule has 1 fully saturated rings. The van der Waals surface area contributed by atoms with E-state index in [-0.39, 0.29) is 6.61 Å². The molecule has 0 aromatic carbocycles.